The maximum absolute atomic E-state index is 12.0. The van der Waals surface area contributed by atoms with Crippen molar-refractivity contribution in [2.45, 2.75) is 52.4 Å². The fraction of sp³-hybridized carbons (Fsp3) is 0.195. The zero-order valence-electron chi connectivity index (χ0n) is 27.6. The summed E-state index contributed by atoms with van der Waals surface area (Å²) in [6.45, 7) is 12.9. The lowest BCUT2D eigenvalue weighted by Gasteiger charge is -2.27. The van der Waals surface area contributed by atoms with Gasteiger partial charge in [-0.25, -0.2) is 9.97 Å². The minimum absolute atomic E-state index is 0.156. The highest BCUT2D eigenvalue weighted by molar-refractivity contribution is 6.11. The summed E-state index contributed by atoms with van der Waals surface area (Å²) >= 11 is 0. The first-order chi connectivity index (χ1) is 22.5. The molecule has 0 bridgehead atoms. The second-order valence-electron chi connectivity index (χ2n) is 14.0. The van der Waals surface area contributed by atoms with Crippen molar-refractivity contribution in [3.63, 3.8) is 0 Å². The van der Waals surface area contributed by atoms with E-state index >= 15 is 0 Å². The van der Waals surface area contributed by atoms with Gasteiger partial charge in [0, 0.05) is 39.6 Å². The molecule has 6 nitrogen and oxygen atoms in total. The van der Waals surface area contributed by atoms with E-state index in [0.717, 1.165) is 50.2 Å². The fourth-order valence-electron chi connectivity index (χ4n) is 6.03. The van der Waals surface area contributed by atoms with E-state index in [1.165, 1.54) is 0 Å². The van der Waals surface area contributed by atoms with E-state index in [0.29, 0.717) is 22.8 Å². The SMILES string of the molecule is CC(C)(C)c1cc(-c2nc(-c3cccc(N(c4ccccc4)c4ccccn4)c3)nc3oc4ccccc4c23)c(O)c(C(C)(C)C)c1. The molecule has 7 aromatic rings. The molecule has 0 aliphatic heterocycles. The Bertz CT molecular complexity index is 2190. The number of hydrogen-bond acceptors (Lipinski definition) is 6. The number of hydrogen-bond donors (Lipinski definition) is 1. The molecule has 0 radical (unpaired) electrons. The normalized spacial score (nSPS) is 12.1. The number of benzene rings is 4. The highest BCUT2D eigenvalue weighted by Gasteiger charge is 2.28. The van der Waals surface area contributed by atoms with E-state index < -0.39 is 0 Å². The highest BCUT2D eigenvalue weighted by atomic mass is 16.3. The zero-order valence-corrected chi connectivity index (χ0v) is 27.6. The van der Waals surface area contributed by atoms with Crippen LogP contribution in [0.15, 0.2) is 120 Å². The number of aromatic nitrogens is 3. The van der Waals surface area contributed by atoms with Gasteiger partial charge in [-0.1, -0.05) is 102 Å². The van der Waals surface area contributed by atoms with Crippen LogP contribution in [0.25, 0.3) is 44.7 Å². The first kappa shape index (κ1) is 30.2. The van der Waals surface area contributed by atoms with E-state index in [4.69, 9.17) is 14.4 Å². The lowest BCUT2D eigenvalue weighted by atomic mass is 9.78. The molecule has 47 heavy (non-hydrogen) atoms. The summed E-state index contributed by atoms with van der Waals surface area (Å²) in [5, 5.41) is 13.6. The van der Waals surface area contributed by atoms with Gasteiger partial charge >= 0.3 is 0 Å². The third-order valence-electron chi connectivity index (χ3n) is 8.53. The number of furan rings is 1. The van der Waals surface area contributed by atoms with Gasteiger partial charge in [0.25, 0.3) is 0 Å². The third-order valence-corrected chi connectivity index (χ3v) is 8.53. The van der Waals surface area contributed by atoms with Gasteiger partial charge in [-0.05, 0) is 64.9 Å². The van der Waals surface area contributed by atoms with Crippen LogP contribution in [0.3, 0.4) is 0 Å². The molecule has 4 aromatic carbocycles. The smallest absolute Gasteiger partial charge is 0.231 e. The molecule has 0 aliphatic carbocycles. The quantitative estimate of drug-likeness (QED) is 0.207. The van der Waals surface area contributed by atoms with Gasteiger partial charge < -0.3 is 9.52 Å². The summed E-state index contributed by atoms with van der Waals surface area (Å²) in [7, 11) is 0. The number of aromatic hydroxyl groups is 1. The van der Waals surface area contributed by atoms with E-state index in [1.54, 1.807) is 6.20 Å². The molecular weight excluding hydrogens is 580 g/mol. The van der Waals surface area contributed by atoms with Gasteiger partial charge in [0.2, 0.25) is 5.71 Å². The first-order valence-corrected chi connectivity index (χ1v) is 15.9. The predicted octanol–water partition coefficient (Wildman–Crippen LogP) is 10.9. The molecule has 6 heteroatoms. The number of para-hydroxylation sites is 2. The average Bonchev–Trinajstić information content (AvgIpc) is 3.43. The Hall–Kier alpha value is -5.49. The van der Waals surface area contributed by atoms with Crippen molar-refractivity contribution in [3.8, 4) is 28.4 Å². The number of rotatable bonds is 5. The molecule has 0 spiro atoms. The summed E-state index contributed by atoms with van der Waals surface area (Å²) in [5.74, 6) is 1.52. The summed E-state index contributed by atoms with van der Waals surface area (Å²) in [6, 6.07) is 36.3. The number of phenolic OH excluding ortho intramolecular Hbond substituents is 1. The summed E-state index contributed by atoms with van der Waals surface area (Å²) in [4.78, 5) is 17.0. The Morgan fingerprint density at radius 3 is 2.13 bits per heavy atom. The second kappa shape index (κ2) is 11.4. The Kier molecular flexibility index (Phi) is 7.31. The van der Waals surface area contributed by atoms with Crippen molar-refractivity contribution in [3.05, 3.63) is 127 Å². The van der Waals surface area contributed by atoms with E-state index in [1.807, 2.05) is 72.8 Å². The van der Waals surface area contributed by atoms with E-state index in [9.17, 15) is 5.11 Å². The minimum Gasteiger partial charge on any atom is -0.507 e. The van der Waals surface area contributed by atoms with E-state index in [-0.39, 0.29) is 16.6 Å². The van der Waals surface area contributed by atoms with Crippen molar-refractivity contribution in [1.82, 2.24) is 15.0 Å². The van der Waals surface area contributed by atoms with Crippen molar-refractivity contribution in [2.75, 3.05) is 4.90 Å². The molecule has 0 aliphatic rings. The van der Waals surface area contributed by atoms with Crippen molar-refractivity contribution in [1.29, 1.82) is 0 Å². The first-order valence-electron chi connectivity index (χ1n) is 15.9. The molecule has 0 saturated carbocycles. The van der Waals surface area contributed by atoms with E-state index in [2.05, 4.69) is 87.8 Å². The standard InChI is InChI=1S/C41H38N4O2/c1-40(2,3)27-24-31(37(46)32(25-27)41(4,5)6)36-35-30-19-10-11-20-33(30)47-39(35)44-38(43-36)26-15-14-18-29(23-26)45(28-16-8-7-9-17-28)34-21-12-13-22-42-34/h7-25,46H,1-6H3. The number of anilines is 3. The van der Waals surface area contributed by atoms with Crippen LogP contribution in [0.2, 0.25) is 0 Å². The number of nitrogens with zero attached hydrogens (tertiary/aromatic N) is 4. The lowest BCUT2D eigenvalue weighted by Crippen LogP contribution is -2.17. The second-order valence-corrected chi connectivity index (χ2v) is 14.0. The largest absolute Gasteiger partial charge is 0.507 e. The number of fused-ring (bicyclic) bond motifs is 3. The maximum Gasteiger partial charge on any atom is 0.231 e. The Labute approximate surface area is 275 Å². The van der Waals surface area contributed by atoms with Crippen LogP contribution < -0.4 is 4.90 Å². The molecule has 0 unspecified atom stereocenters. The number of phenols is 1. The van der Waals surface area contributed by atoms with Gasteiger partial charge in [-0.15, -0.1) is 0 Å². The maximum atomic E-state index is 12.0. The Morgan fingerprint density at radius 2 is 1.40 bits per heavy atom. The van der Waals surface area contributed by atoms with Gasteiger partial charge in [-0.2, -0.15) is 4.98 Å². The molecular formula is C41H38N4O2. The summed E-state index contributed by atoms with van der Waals surface area (Å²) in [5.41, 5.74) is 6.74. The molecule has 0 amide bonds. The fourth-order valence-corrected chi connectivity index (χ4v) is 6.03. The third kappa shape index (κ3) is 5.61. The van der Waals surface area contributed by atoms with Crippen LogP contribution >= 0.6 is 0 Å². The monoisotopic (exact) mass is 618 g/mol. The van der Waals surface area contributed by atoms with Gasteiger partial charge in [-0.3, -0.25) is 4.90 Å². The number of pyridine rings is 1. The highest BCUT2D eigenvalue weighted by Crippen LogP contribution is 2.45. The van der Waals surface area contributed by atoms with Gasteiger partial charge in [0.05, 0.1) is 11.1 Å². The lowest BCUT2D eigenvalue weighted by molar-refractivity contribution is 0.446. The Morgan fingerprint density at radius 1 is 0.681 bits per heavy atom. The molecule has 7 rings (SSSR count). The molecule has 0 atom stereocenters. The minimum atomic E-state index is -0.297. The van der Waals surface area contributed by atoms with Crippen LogP contribution in [0.4, 0.5) is 17.2 Å². The van der Waals surface area contributed by atoms with Crippen molar-refractivity contribution >= 4 is 39.3 Å². The molecule has 0 fully saturated rings. The molecule has 0 saturated heterocycles. The Balaban J connectivity index is 1.49. The van der Waals surface area contributed by atoms with Crippen molar-refractivity contribution in [2.24, 2.45) is 0 Å². The predicted molar refractivity (Wildman–Crippen MR) is 192 cm³/mol. The van der Waals surface area contributed by atoms with Crippen LogP contribution in [-0.2, 0) is 10.8 Å². The molecule has 3 aromatic heterocycles. The zero-order chi connectivity index (χ0) is 32.9. The topological polar surface area (TPSA) is 75.3 Å². The van der Waals surface area contributed by atoms with Crippen LogP contribution in [0.1, 0.15) is 52.7 Å². The van der Waals surface area contributed by atoms with Crippen molar-refractivity contribution < 1.29 is 9.52 Å². The van der Waals surface area contributed by atoms with Crippen LogP contribution in [0, 0.1) is 0 Å². The molecule has 234 valence electrons. The van der Waals surface area contributed by atoms with Crippen LogP contribution in [0.5, 0.6) is 5.75 Å². The molecule has 1 N–H and O–H groups in total. The summed E-state index contributed by atoms with van der Waals surface area (Å²) < 4.78 is 6.37. The summed E-state index contributed by atoms with van der Waals surface area (Å²) in [6.07, 6.45) is 1.80. The van der Waals surface area contributed by atoms with Gasteiger partial charge in [0.15, 0.2) is 5.82 Å². The average molecular weight is 619 g/mol. The van der Waals surface area contributed by atoms with Crippen LogP contribution in [-0.4, -0.2) is 20.1 Å². The molecule has 3 heterocycles. The van der Waals surface area contributed by atoms with Gasteiger partial charge in [0.1, 0.15) is 17.2 Å².